The molecular formula is C17H36N2. The Labute approximate surface area is 121 Å². The van der Waals surface area contributed by atoms with Gasteiger partial charge in [0.2, 0.25) is 0 Å². The van der Waals surface area contributed by atoms with E-state index in [1.165, 1.54) is 64.5 Å². The van der Waals surface area contributed by atoms with Crippen LogP contribution in [-0.4, -0.2) is 37.1 Å². The fourth-order valence-corrected chi connectivity index (χ4v) is 3.62. The third kappa shape index (κ3) is 5.43. The molecule has 0 aromatic carbocycles. The minimum absolute atomic E-state index is 0.703. The normalized spacial score (nSPS) is 25.6. The predicted octanol–water partition coefficient (Wildman–Crippen LogP) is 4.06. The van der Waals surface area contributed by atoms with Gasteiger partial charge in [-0.05, 0) is 32.4 Å². The molecular weight excluding hydrogens is 232 g/mol. The first-order valence-corrected chi connectivity index (χ1v) is 8.68. The summed E-state index contributed by atoms with van der Waals surface area (Å²) < 4.78 is 0. The van der Waals surface area contributed by atoms with Crippen LogP contribution in [0.4, 0.5) is 0 Å². The van der Waals surface area contributed by atoms with Crippen LogP contribution in [0.1, 0.15) is 72.1 Å². The maximum Gasteiger partial charge on any atom is 0.0249 e. The van der Waals surface area contributed by atoms with Crippen LogP contribution in [0.25, 0.3) is 0 Å². The average Bonchev–Trinajstić information content (AvgIpc) is 2.42. The highest BCUT2D eigenvalue weighted by molar-refractivity contribution is 4.85. The minimum Gasteiger partial charge on any atom is -0.315 e. The zero-order valence-electron chi connectivity index (χ0n) is 13.8. The summed E-state index contributed by atoms with van der Waals surface area (Å²) in [7, 11) is 2.16. The van der Waals surface area contributed by atoms with E-state index >= 15 is 0 Å². The molecule has 2 heteroatoms. The van der Waals surface area contributed by atoms with Crippen LogP contribution in [0.5, 0.6) is 0 Å². The topological polar surface area (TPSA) is 15.3 Å². The molecule has 0 heterocycles. The molecule has 114 valence electrons. The molecule has 0 aromatic rings. The summed E-state index contributed by atoms with van der Waals surface area (Å²) in [6, 6.07) is 1.46. The summed E-state index contributed by atoms with van der Waals surface area (Å²) in [6.45, 7) is 9.53. The molecule has 19 heavy (non-hydrogen) atoms. The van der Waals surface area contributed by atoms with Crippen molar-refractivity contribution in [3.63, 3.8) is 0 Å². The van der Waals surface area contributed by atoms with Gasteiger partial charge in [-0.25, -0.2) is 0 Å². The van der Waals surface area contributed by atoms with Crippen molar-refractivity contribution in [3.05, 3.63) is 0 Å². The number of hydrogen-bond donors (Lipinski definition) is 1. The molecule has 2 nitrogen and oxygen atoms in total. The standard InChI is InChI=1S/C17H36N2/c1-5-15(6-2)14-19(7-3)17-13-11-9-8-10-12-16(17)18-4/h15-18H,5-14H2,1-4H3. The summed E-state index contributed by atoms with van der Waals surface area (Å²) in [4.78, 5) is 2.77. The van der Waals surface area contributed by atoms with Crippen LogP contribution in [0.15, 0.2) is 0 Å². The highest BCUT2D eigenvalue weighted by Crippen LogP contribution is 2.23. The zero-order chi connectivity index (χ0) is 14.1. The lowest BCUT2D eigenvalue weighted by Crippen LogP contribution is -2.50. The van der Waals surface area contributed by atoms with Gasteiger partial charge in [0.05, 0.1) is 0 Å². The highest BCUT2D eigenvalue weighted by atomic mass is 15.2. The second-order valence-electron chi connectivity index (χ2n) is 6.22. The molecule has 1 aliphatic carbocycles. The SMILES string of the molecule is CCC(CC)CN(CC)C1CCCCCCC1NC. The van der Waals surface area contributed by atoms with E-state index in [0.29, 0.717) is 6.04 Å². The summed E-state index contributed by atoms with van der Waals surface area (Å²) in [5.41, 5.74) is 0. The summed E-state index contributed by atoms with van der Waals surface area (Å²) in [5.74, 6) is 0.878. The van der Waals surface area contributed by atoms with Gasteiger partial charge < -0.3 is 5.32 Å². The van der Waals surface area contributed by atoms with Gasteiger partial charge in [-0.1, -0.05) is 59.3 Å². The van der Waals surface area contributed by atoms with Crippen molar-refractivity contribution < 1.29 is 0 Å². The van der Waals surface area contributed by atoms with E-state index in [1.54, 1.807) is 0 Å². The third-order valence-corrected chi connectivity index (χ3v) is 5.12. The van der Waals surface area contributed by atoms with Gasteiger partial charge in [-0.15, -0.1) is 0 Å². The van der Waals surface area contributed by atoms with Gasteiger partial charge >= 0.3 is 0 Å². The van der Waals surface area contributed by atoms with E-state index < -0.39 is 0 Å². The lowest BCUT2D eigenvalue weighted by atomic mass is 9.90. The molecule has 2 unspecified atom stereocenters. The molecule has 1 saturated carbocycles. The van der Waals surface area contributed by atoms with Crippen LogP contribution in [0, 0.1) is 5.92 Å². The van der Waals surface area contributed by atoms with Crippen molar-refractivity contribution in [1.29, 1.82) is 0 Å². The smallest absolute Gasteiger partial charge is 0.0249 e. The highest BCUT2D eigenvalue weighted by Gasteiger charge is 2.27. The Morgan fingerprint density at radius 1 is 1.00 bits per heavy atom. The van der Waals surface area contributed by atoms with Gasteiger partial charge in [0.25, 0.3) is 0 Å². The summed E-state index contributed by atoms with van der Waals surface area (Å²) >= 11 is 0. The third-order valence-electron chi connectivity index (χ3n) is 5.12. The van der Waals surface area contributed by atoms with Crippen molar-refractivity contribution in [3.8, 4) is 0 Å². The molecule has 2 atom stereocenters. The van der Waals surface area contributed by atoms with Crippen molar-refractivity contribution >= 4 is 0 Å². The van der Waals surface area contributed by atoms with Gasteiger partial charge in [0, 0.05) is 18.6 Å². The van der Waals surface area contributed by atoms with Crippen molar-refractivity contribution in [2.75, 3.05) is 20.1 Å². The molecule has 0 aromatic heterocycles. The molecule has 1 fully saturated rings. The van der Waals surface area contributed by atoms with E-state index in [9.17, 15) is 0 Å². The van der Waals surface area contributed by atoms with Crippen LogP contribution >= 0.6 is 0 Å². The van der Waals surface area contributed by atoms with Crippen molar-refractivity contribution in [2.45, 2.75) is 84.2 Å². The molecule has 0 spiro atoms. The fourth-order valence-electron chi connectivity index (χ4n) is 3.62. The number of nitrogens with zero attached hydrogens (tertiary/aromatic N) is 1. The monoisotopic (exact) mass is 268 g/mol. The van der Waals surface area contributed by atoms with Gasteiger partial charge in [-0.3, -0.25) is 4.90 Å². The molecule has 1 N–H and O–H groups in total. The molecule has 0 saturated heterocycles. The molecule has 1 rings (SSSR count). The maximum absolute atomic E-state index is 3.60. The quantitative estimate of drug-likeness (QED) is 0.749. The van der Waals surface area contributed by atoms with E-state index in [-0.39, 0.29) is 0 Å². The average molecular weight is 268 g/mol. The first-order valence-electron chi connectivity index (χ1n) is 8.68. The first-order chi connectivity index (χ1) is 9.26. The van der Waals surface area contributed by atoms with Crippen LogP contribution in [0.3, 0.4) is 0 Å². The van der Waals surface area contributed by atoms with E-state index in [4.69, 9.17) is 0 Å². The molecule has 1 aliphatic rings. The minimum atomic E-state index is 0.703. The Hall–Kier alpha value is -0.0800. The lowest BCUT2D eigenvalue weighted by molar-refractivity contribution is 0.120. The Morgan fingerprint density at radius 3 is 2.16 bits per heavy atom. The van der Waals surface area contributed by atoms with E-state index in [1.807, 2.05) is 0 Å². The van der Waals surface area contributed by atoms with Crippen LogP contribution in [0.2, 0.25) is 0 Å². The fraction of sp³-hybridized carbons (Fsp3) is 1.00. The van der Waals surface area contributed by atoms with E-state index in [0.717, 1.165) is 12.0 Å². The largest absolute Gasteiger partial charge is 0.315 e. The van der Waals surface area contributed by atoms with Crippen LogP contribution in [-0.2, 0) is 0 Å². The van der Waals surface area contributed by atoms with E-state index in [2.05, 4.69) is 38.0 Å². The lowest BCUT2D eigenvalue weighted by Gasteiger charge is -2.39. The van der Waals surface area contributed by atoms with Crippen molar-refractivity contribution in [2.24, 2.45) is 5.92 Å². The molecule has 0 radical (unpaired) electrons. The van der Waals surface area contributed by atoms with Gasteiger partial charge in [0.15, 0.2) is 0 Å². The summed E-state index contributed by atoms with van der Waals surface area (Å²) in [5, 5.41) is 3.60. The van der Waals surface area contributed by atoms with Gasteiger partial charge in [-0.2, -0.15) is 0 Å². The number of likely N-dealkylation sites (N-methyl/N-ethyl adjacent to an activating group) is 2. The first kappa shape index (κ1) is 17.0. The van der Waals surface area contributed by atoms with Gasteiger partial charge in [0.1, 0.15) is 0 Å². The van der Waals surface area contributed by atoms with Crippen LogP contribution < -0.4 is 5.32 Å². The second kappa shape index (κ2) is 9.77. The number of hydrogen-bond acceptors (Lipinski definition) is 2. The predicted molar refractivity (Wildman–Crippen MR) is 85.7 cm³/mol. The summed E-state index contributed by atoms with van der Waals surface area (Å²) in [6.07, 6.45) is 11.1. The zero-order valence-corrected chi connectivity index (χ0v) is 13.8. The second-order valence-corrected chi connectivity index (χ2v) is 6.22. The Kier molecular flexibility index (Phi) is 8.72. The Morgan fingerprint density at radius 2 is 1.63 bits per heavy atom. The molecule has 0 amide bonds. The number of rotatable bonds is 7. The molecule has 0 aliphatic heterocycles. The maximum atomic E-state index is 3.60. The Balaban J connectivity index is 2.66. The van der Waals surface area contributed by atoms with Crippen molar-refractivity contribution in [1.82, 2.24) is 10.2 Å². The number of nitrogens with one attached hydrogen (secondary N) is 1. The molecule has 0 bridgehead atoms. The Bertz CT molecular complexity index is 213.